The SMILES string of the molecule is Nc1cnc(COc2cccc(Cl)c2)nc1. The first kappa shape index (κ1) is 10.7. The van der Waals surface area contributed by atoms with Crippen LogP contribution in [-0.4, -0.2) is 9.97 Å². The minimum atomic E-state index is 0.292. The summed E-state index contributed by atoms with van der Waals surface area (Å²) < 4.78 is 5.46. The molecule has 4 nitrogen and oxygen atoms in total. The average Bonchev–Trinajstić information content (AvgIpc) is 2.28. The van der Waals surface area contributed by atoms with Gasteiger partial charge < -0.3 is 10.5 Å². The van der Waals surface area contributed by atoms with Gasteiger partial charge >= 0.3 is 0 Å². The molecule has 0 saturated heterocycles. The Morgan fingerprint density at radius 1 is 1.25 bits per heavy atom. The monoisotopic (exact) mass is 235 g/mol. The lowest BCUT2D eigenvalue weighted by atomic mass is 10.3. The molecule has 16 heavy (non-hydrogen) atoms. The molecule has 1 heterocycles. The van der Waals surface area contributed by atoms with Crippen molar-refractivity contribution in [1.82, 2.24) is 9.97 Å². The van der Waals surface area contributed by atoms with Crippen molar-refractivity contribution in [2.24, 2.45) is 0 Å². The maximum Gasteiger partial charge on any atom is 0.166 e. The molecule has 5 heteroatoms. The smallest absolute Gasteiger partial charge is 0.166 e. The van der Waals surface area contributed by atoms with E-state index >= 15 is 0 Å². The third kappa shape index (κ3) is 2.84. The van der Waals surface area contributed by atoms with Crippen LogP contribution in [0.5, 0.6) is 5.75 Å². The number of ether oxygens (including phenoxy) is 1. The van der Waals surface area contributed by atoms with Crippen molar-refractivity contribution >= 4 is 17.3 Å². The summed E-state index contributed by atoms with van der Waals surface area (Å²) in [6.45, 7) is 0.292. The molecule has 0 aliphatic carbocycles. The molecule has 0 amide bonds. The van der Waals surface area contributed by atoms with Gasteiger partial charge in [0.2, 0.25) is 0 Å². The predicted octanol–water partition coefficient (Wildman–Crippen LogP) is 2.29. The van der Waals surface area contributed by atoms with E-state index in [1.807, 2.05) is 12.1 Å². The van der Waals surface area contributed by atoms with E-state index in [-0.39, 0.29) is 0 Å². The fraction of sp³-hybridized carbons (Fsp3) is 0.0909. The first-order chi connectivity index (χ1) is 7.74. The van der Waals surface area contributed by atoms with Gasteiger partial charge in [0, 0.05) is 5.02 Å². The summed E-state index contributed by atoms with van der Waals surface area (Å²) in [6, 6.07) is 7.16. The zero-order chi connectivity index (χ0) is 11.4. The molecule has 1 aromatic heterocycles. The molecular weight excluding hydrogens is 226 g/mol. The topological polar surface area (TPSA) is 61.0 Å². The van der Waals surface area contributed by atoms with Crippen molar-refractivity contribution < 1.29 is 4.74 Å². The van der Waals surface area contributed by atoms with Crippen LogP contribution in [0.25, 0.3) is 0 Å². The molecule has 0 saturated carbocycles. The molecule has 2 rings (SSSR count). The number of nitrogens with two attached hydrogens (primary N) is 1. The molecule has 2 aromatic rings. The Labute approximate surface area is 98.0 Å². The third-order valence-electron chi connectivity index (χ3n) is 1.89. The standard InChI is InChI=1S/C11H10ClN3O/c12-8-2-1-3-10(4-8)16-7-11-14-5-9(13)6-15-11/h1-6H,7,13H2. The van der Waals surface area contributed by atoms with Crippen LogP contribution in [-0.2, 0) is 6.61 Å². The quantitative estimate of drug-likeness (QED) is 0.887. The number of nitrogen functional groups attached to an aromatic ring is 1. The van der Waals surface area contributed by atoms with E-state index in [4.69, 9.17) is 22.1 Å². The highest BCUT2D eigenvalue weighted by Gasteiger charge is 1.99. The van der Waals surface area contributed by atoms with Crippen molar-refractivity contribution in [3.8, 4) is 5.75 Å². The fourth-order valence-corrected chi connectivity index (χ4v) is 1.32. The van der Waals surface area contributed by atoms with Crippen LogP contribution in [0.2, 0.25) is 5.02 Å². The Morgan fingerprint density at radius 3 is 2.69 bits per heavy atom. The molecule has 0 unspecified atom stereocenters. The minimum Gasteiger partial charge on any atom is -0.486 e. The van der Waals surface area contributed by atoms with Gasteiger partial charge in [-0.05, 0) is 18.2 Å². The summed E-state index contributed by atoms with van der Waals surface area (Å²) in [5.74, 6) is 1.27. The zero-order valence-electron chi connectivity index (χ0n) is 8.43. The minimum absolute atomic E-state index is 0.292. The molecule has 2 N–H and O–H groups in total. The van der Waals surface area contributed by atoms with Gasteiger partial charge in [0.05, 0.1) is 18.1 Å². The normalized spacial score (nSPS) is 10.1. The van der Waals surface area contributed by atoms with Gasteiger partial charge in [0.25, 0.3) is 0 Å². The van der Waals surface area contributed by atoms with E-state index in [1.54, 1.807) is 24.5 Å². The molecule has 0 atom stereocenters. The Kier molecular flexibility index (Phi) is 3.22. The molecule has 0 aliphatic heterocycles. The number of hydrogen-bond acceptors (Lipinski definition) is 4. The van der Waals surface area contributed by atoms with Crippen LogP contribution < -0.4 is 10.5 Å². The maximum absolute atomic E-state index is 5.82. The van der Waals surface area contributed by atoms with Crippen LogP contribution in [0, 0.1) is 0 Å². The summed E-state index contributed by atoms with van der Waals surface area (Å²) in [5, 5.41) is 0.635. The van der Waals surface area contributed by atoms with E-state index in [0.717, 1.165) is 0 Å². The first-order valence-electron chi connectivity index (χ1n) is 4.69. The number of halogens is 1. The number of rotatable bonds is 3. The molecule has 82 valence electrons. The van der Waals surface area contributed by atoms with Gasteiger partial charge in [-0.25, -0.2) is 9.97 Å². The Bertz CT molecular complexity index is 473. The summed E-state index contributed by atoms with van der Waals surface area (Å²) in [7, 11) is 0. The van der Waals surface area contributed by atoms with E-state index in [1.165, 1.54) is 0 Å². The summed E-state index contributed by atoms with van der Waals surface area (Å²) in [6.07, 6.45) is 3.09. The lowest BCUT2D eigenvalue weighted by Gasteiger charge is -2.05. The lowest BCUT2D eigenvalue weighted by Crippen LogP contribution is -2.01. The van der Waals surface area contributed by atoms with Crippen molar-refractivity contribution in [1.29, 1.82) is 0 Å². The number of benzene rings is 1. The first-order valence-corrected chi connectivity index (χ1v) is 5.06. The molecule has 0 bridgehead atoms. The second kappa shape index (κ2) is 4.81. The Hall–Kier alpha value is -1.81. The van der Waals surface area contributed by atoms with Gasteiger partial charge in [0.1, 0.15) is 12.4 Å². The number of aromatic nitrogens is 2. The second-order valence-corrected chi connectivity index (χ2v) is 3.62. The van der Waals surface area contributed by atoms with Crippen molar-refractivity contribution in [2.75, 3.05) is 5.73 Å². The van der Waals surface area contributed by atoms with Crippen molar-refractivity contribution in [3.05, 3.63) is 47.5 Å². The van der Waals surface area contributed by atoms with E-state index in [0.29, 0.717) is 28.9 Å². The van der Waals surface area contributed by atoms with Crippen LogP contribution >= 0.6 is 11.6 Å². The highest BCUT2D eigenvalue weighted by atomic mass is 35.5. The van der Waals surface area contributed by atoms with Crippen LogP contribution in [0.4, 0.5) is 5.69 Å². The van der Waals surface area contributed by atoms with Crippen LogP contribution in [0.15, 0.2) is 36.7 Å². The highest BCUT2D eigenvalue weighted by Crippen LogP contribution is 2.17. The van der Waals surface area contributed by atoms with Crippen LogP contribution in [0.3, 0.4) is 0 Å². The van der Waals surface area contributed by atoms with Gasteiger partial charge in [-0.3, -0.25) is 0 Å². The summed E-state index contributed by atoms with van der Waals surface area (Å²) in [5.41, 5.74) is 6.00. The average molecular weight is 236 g/mol. The van der Waals surface area contributed by atoms with Gasteiger partial charge in [-0.15, -0.1) is 0 Å². The number of anilines is 1. The Balaban J connectivity index is 1.99. The maximum atomic E-state index is 5.82. The molecule has 1 aromatic carbocycles. The molecular formula is C11H10ClN3O. The molecule has 0 spiro atoms. The second-order valence-electron chi connectivity index (χ2n) is 3.18. The summed E-state index contributed by atoms with van der Waals surface area (Å²) in [4.78, 5) is 8.04. The number of hydrogen-bond donors (Lipinski definition) is 1. The van der Waals surface area contributed by atoms with E-state index < -0.39 is 0 Å². The van der Waals surface area contributed by atoms with Crippen molar-refractivity contribution in [3.63, 3.8) is 0 Å². The van der Waals surface area contributed by atoms with E-state index in [9.17, 15) is 0 Å². The van der Waals surface area contributed by atoms with E-state index in [2.05, 4.69) is 9.97 Å². The largest absolute Gasteiger partial charge is 0.486 e. The molecule has 0 fully saturated rings. The molecule has 0 radical (unpaired) electrons. The summed E-state index contributed by atoms with van der Waals surface area (Å²) >= 11 is 5.82. The third-order valence-corrected chi connectivity index (χ3v) is 2.12. The molecule has 0 aliphatic rings. The predicted molar refractivity (Wildman–Crippen MR) is 62.2 cm³/mol. The van der Waals surface area contributed by atoms with Gasteiger partial charge in [0.15, 0.2) is 5.82 Å². The van der Waals surface area contributed by atoms with Gasteiger partial charge in [-0.1, -0.05) is 17.7 Å². The Morgan fingerprint density at radius 2 is 2.00 bits per heavy atom. The zero-order valence-corrected chi connectivity index (χ0v) is 9.19. The lowest BCUT2D eigenvalue weighted by molar-refractivity contribution is 0.296. The fourth-order valence-electron chi connectivity index (χ4n) is 1.14. The van der Waals surface area contributed by atoms with Gasteiger partial charge in [-0.2, -0.15) is 0 Å². The highest BCUT2D eigenvalue weighted by molar-refractivity contribution is 6.30. The van der Waals surface area contributed by atoms with Crippen molar-refractivity contribution in [2.45, 2.75) is 6.61 Å². The number of nitrogens with zero attached hydrogens (tertiary/aromatic N) is 2. The van der Waals surface area contributed by atoms with Crippen LogP contribution in [0.1, 0.15) is 5.82 Å².